The first-order valence-electron chi connectivity index (χ1n) is 8.17. The molecule has 1 heterocycles. The minimum absolute atomic E-state index is 0.0922. The SMILES string of the molecule is CC(=O)c1cccc(NC(=O)N[C@H]2CC(=O)N(c3ccc(F)cc3)C2)c1. The largest absolute Gasteiger partial charge is 0.333 e. The van der Waals surface area contributed by atoms with Crippen LogP contribution < -0.4 is 15.5 Å². The molecule has 0 aromatic heterocycles. The minimum Gasteiger partial charge on any atom is -0.333 e. The van der Waals surface area contributed by atoms with Crippen LogP contribution in [0.3, 0.4) is 0 Å². The van der Waals surface area contributed by atoms with Gasteiger partial charge in [-0.3, -0.25) is 9.59 Å². The van der Waals surface area contributed by atoms with E-state index in [4.69, 9.17) is 0 Å². The highest BCUT2D eigenvalue weighted by Crippen LogP contribution is 2.22. The number of benzene rings is 2. The van der Waals surface area contributed by atoms with Crippen molar-refractivity contribution in [3.05, 3.63) is 59.9 Å². The molecule has 0 bridgehead atoms. The van der Waals surface area contributed by atoms with Crippen LogP contribution in [0.25, 0.3) is 0 Å². The second-order valence-electron chi connectivity index (χ2n) is 6.12. The monoisotopic (exact) mass is 355 g/mol. The second kappa shape index (κ2) is 7.35. The van der Waals surface area contributed by atoms with Gasteiger partial charge in [0.25, 0.3) is 0 Å². The Kier molecular flexibility index (Phi) is 4.97. The summed E-state index contributed by atoms with van der Waals surface area (Å²) in [5, 5.41) is 5.41. The Morgan fingerprint density at radius 1 is 1.15 bits per heavy atom. The fourth-order valence-corrected chi connectivity index (χ4v) is 2.84. The lowest BCUT2D eigenvalue weighted by atomic mass is 10.1. The van der Waals surface area contributed by atoms with E-state index in [0.717, 1.165) is 0 Å². The van der Waals surface area contributed by atoms with E-state index < -0.39 is 6.03 Å². The Morgan fingerprint density at radius 2 is 1.88 bits per heavy atom. The lowest BCUT2D eigenvalue weighted by Crippen LogP contribution is -2.39. The quantitative estimate of drug-likeness (QED) is 0.828. The van der Waals surface area contributed by atoms with Crippen molar-refractivity contribution in [2.75, 3.05) is 16.8 Å². The average molecular weight is 355 g/mol. The smallest absolute Gasteiger partial charge is 0.319 e. The number of nitrogens with one attached hydrogen (secondary N) is 2. The van der Waals surface area contributed by atoms with Crippen LogP contribution in [0, 0.1) is 5.82 Å². The Morgan fingerprint density at radius 3 is 2.58 bits per heavy atom. The van der Waals surface area contributed by atoms with E-state index >= 15 is 0 Å². The molecule has 1 atom stereocenters. The lowest BCUT2D eigenvalue weighted by Gasteiger charge is -2.17. The van der Waals surface area contributed by atoms with E-state index in [1.54, 1.807) is 24.3 Å². The fraction of sp³-hybridized carbons (Fsp3) is 0.211. The van der Waals surface area contributed by atoms with Crippen LogP contribution in [0.15, 0.2) is 48.5 Å². The maximum absolute atomic E-state index is 13.0. The van der Waals surface area contributed by atoms with E-state index in [0.29, 0.717) is 23.5 Å². The standard InChI is InChI=1S/C19H18FN3O3/c1-12(24)13-3-2-4-15(9-13)21-19(26)22-16-10-18(25)23(11-16)17-7-5-14(20)6-8-17/h2-9,16H,10-11H2,1H3,(H2,21,22,26)/t16-/m0/s1. The molecule has 26 heavy (non-hydrogen) atoms. The highest BCUT2D eigenvalue weighted by molar-refractivity contribution is 5.98. The second-order valence-corrected chi connectivity index (χ2v) is 6.12. The van der Waals surface area contributed by atoms with Crippen LogP contribution >= 0.6 is 0 Å². The predicted octanol–water partition coefficient (Wildman–Crippen LogP) is 2.96. The van der Waals surface area contributed by atoms with Gasteiger partial charge in [0, 0.05) is 29.9 Å². The third-order valence-electron chi connectivity index (χ3n) is 4.13. The summed E-state index contributed by atoms with van der Waals surface area (Å²) in [5.74, 6) is -0.604. The van der Waals surface area contributed by atoms with Gasteiger partial charge in [0.15, 0.2) is 5.78 Å². The van der Waals surface area contributed by atoms with Crippen LogP contribution in [0.5, 0.6) is 0 Å². The molecule has 0 saturated carbocycles. The first-order valence-corrected chi connectivity index (χ1v) is 8.17. The molecule has 0 unspecified atom stereocenters. The summed E-state index contributed by atoms with van der Waals surface area (Å²) in [7, 11) is 0. The molecule has 0 spiro atoms. The van der Waals surface area contributed by atoms with Gasteiger partial charge in [-0.2, -0.15) is 0 Å². The topological polar surface area (TPSA) is 78.5 Å². The molecular formula is C19H18FN3O3. The molecule has 2 aromatic rings. The van der Waals surface area contributed by atoms with Gasteiger partial charge < -0.3 is 15.5 Å². The van der Waals surface area contributed by atoms with Gasteiger partial charge >= 0.3 is 6.03 Å². The zero-order valence-corrected chi connectivity index (χ0v) is 14.2. The molecule has 7 heteroatoms. The third kappa shape index (κ3) is 4.05. The van der Waals surface area contributed by atoms with Gasteiger partial charge in [-0.05, 0) is 43.3 Å². The van der Waals surface area contributed by atoms with Gasteiger partial charge in [-0.15, -0.1) is 0 Å². The zero-order chi connectivity index (χ0) is 18.7. The fourth-order valence-electron chi connectivity index (χ4n) is 2.84. The molecule has 1 saturated heterocycles. The molecule has 3 amide bonds. The number of anilines is 2. The number of urea groups is 1. The molecule has 1 fully saturated rings. The third-order valence-corrected chi connectivity index (χ3v) is 4.13. The van der Waals surface area contributed by atoms with Gasteiger partial charge in [0.2, 0.25) is 5.91 Å². The Hall–Kier alpha value is -3.22. The number of carbonyl (C=O) groups is 3. The number of hydrogen-bond acceptors (Lipinski definition) is 3. The summed E-state index contributed by atoms with van der Waals surface area (Å²) in [6, 6.07) is 11.4. The zero-order valence-electron chi connectivity index (χ0n) is 14.2. The number of hydrogen-bond donors (Lipinski definition) is 2. The van der Waals surface area contributed by atoms with Gasteiger partial charge in [-0.25, -0.2) is 9.18 Å². The highest BCUT2D eigenvalue weighted by atomic mass is 19.1. The lowest BCUT2D eigenvalue weighted by molar-refractivity contribution is -0.117. The number of Topliss-reactive ketones (excluding diaryl/α,β-unsaturated/α-hetero) is 1. The maximum atomic E-state index is 13.0. The van der Waals surface area contributed by atoms with Gasteiger partial charge in [0.1, 0.15) is 5.82 Å². The van der Waals surface area contributed by atoms with Crippen LogP contribution in [0.2, 0.25) is 0 Å². The Bertz CT molecular complexity index is 851. The number of carbonyl (C=O) groups excluding carboxylic acids is 3. The molecule has 2 N–H and O–H groups in total. The van der Waals surface area contributed by atoms with E-state index in [1.807, 2.05) is 0 Å². The highest BCUT2D eigenvalue weighted by Gasteiger charge is 2.31. The molecular weight excluding hydrogens is 337 g/mol. The summed E-state index contributed by atoms with van der Waals surface area (Å²) >= 11 is 0. The van der Waals surface area contributed by atoms with Crippen molar-refractivity contribution >= 4 is 29.1 Å². The molecule has 134 valence electrons. The molecule has 3 rings (SSSR count). The van der Waals surface area contributed by atoms with Gasteiger partial charge in [0.05, 0.1) is 6.04 Å². The predicted molar refractivity (Wildman–Crippen MR) is 95.8 cm³/mol. The van der Waals surface area contributed by atoms with Crippen LogP contribution in [0.4, 0.5) is 20.6 Å². The minimum atomic E-state index is -0.454. The Balaban J connectivity index is 1.60. The van der Waals surface area contributed by atoms with Crippen molar-refractivity contribution < 1.29 is 18.8 Å². The maximum Gasteiger partial charge on any atom is 0.319 e. The number of ketones is 1. The summed E-state index contributed by atoms with van der Waals surface area (Å²) in [4.78, 5) is 37.2. The van der Waals surface area contributed by atoms with Crippen molar-refractivity contribution in [2.45, 2.75) is 19.4 Å². The van der Waals surface area contributed by atoms with E-state index in [2.05, 4.69) is 10.6 Å². The van der Waals surface area contributed by atoms with Crippen LogP contribution in [-0.2, 0) is 4.79 Å². The molecule has 6 nitrogen and oxygen atoms in total. The summed E-state index contributed by atoms with van der Waals surface area (Å²) in [6.07, 6.45) is 0.165. The van der Waals surface area contributed by atoms with E-state index in [1.165, 1.54) is 36.1 Å². The summed E-state index contributed by atoms with van der Waals surface area (Å²) in [5.41, 5.74) is 1.59. The molecule has 2 aromatic carbocycles. The average Bonchev–Trinajstić information content (AvgIpc) is 2.95. The molecule has 0 aliphatic carbocycles. The summed E-state index contributed by atoms with van der Waals surface area (Å²) in [6.45, 7) is 1.76. The first kappa shape index (κ1) is 17.6. The summed E-state index contributed by atoms with van der Waals surface area (Å²) < 4.78 is 13.0. The molecule has 0 radical (unpaired) electrons. The number of nitrogens with zero attached hydrogens (tertiary/aromatic N) is 1. The van der Waals surface area contributed by atoms with Crippen molar-refractivity contribution in [2.24, 2.45) is 0 Å². The van der Waals surface area contributed by atoms with E-state index in [-0.39, 0.29) is 30.0 Å². The van der Waals surface area contributed by atoms with Crippen molar-refractivity contribution in [3.63, 3.8) is 0 Å². The van der Waals surface area contributed by atoms with E-state index in [9.17, 15) is 18.8 Å². The first-order chi connectivity index (χ1) is 12.4. The van der Waals surface area contributed by atoms with Gasteiger partial charge in [-0.1, -0.05) is 12.1 Å². The molecule has 1 aliphatic rings. The van der Waals surface area contributed by atoms with Crippen molar-refractivity contribution in [3.8, 4) is 0 Å². The number of rotatable bonds is 4. The Labute approximate surface area is 150 Å². The normalized spacial score (nSPS) is 16.5. The van der Waals surface area contributed by atoms with Crippen LogP contribution in [-0.4, -0.2) is 30.3 Å². The van der Waals surface area contributed by atoms with Crippen molar-refractivity contribution in [1.82, 2.24) is 5.32 Å². The molecule has 1 aliphatic heterocycles. The van der Waals surface area contributed by atoms with Crippen molar-refractivity contribution in [1.29, 1.82) is 0 Å². The number of amides is 3. The van der Waals surface area contributed by atoms with Crippen LogP contribution in [0.1, 0.15) is 23.7 Å². The number of halogens is 1.